The molecule has 2 rings (SSSR count). The van der Waals surface area contributed by atoms with E-state index in [9.17, 15) is 4.79 Å². The van der Waals surface area contributed by atoms with Crippen molar-refractivity contribution in [3.8, 4) is 0 Å². The van der Waals surface area contributed by atoms with Gasteiger partial charge in [-0.1, -0.05) is 19.1 Å². The van der Waals surface area contributed by atoms with Crippen LogP contribution in [0.4, 0.5) is 0 Å². The molecule has 176 valence electrons. The van der Waals surface area contributed by atoms with Crippen molar-refractivity contribution in [3.05, 3.63) is 35.4 Å². The summed E-state index contributed by atoms with van der Waals surface area (Å²) < 4.78 is 11.1. The van der Waals surface area contributed by atoms with E-state index >= 15 is 0 Å². The van der Waals surface area contributed by atoms with Crippen molar-refractivity contribution in [3.63, 3.8) is 0 Å². The zero-order valence-corrected chi connectivity index (χ0v) is 21.4. The molecule has 0 radical (unpaired) electrons. The molecule has 2 unspecified atom stereocenters. The number of carbonyl (C=O) groups excluding carboxylic acids is 1. The Balaban J connectivity index is 0.00000480. The predicted molar refractivity (Wildman–Crippen MR) is 136 cm³/mol. The number of amides is 1. The highest BCUT2D eigenvalue weighted by Crippen LogP contribution is 2.12. The van der Waals surface area contributed by atoms with Gasteiger partial charge in [0.1, 0.15) is 0 Å². The van der Waals surface area contributed by atoms with Crippen molar-refractivity contribution in [2.75, 3.05) is 39.5 Å². The molecule has 1 heterocycles. The number of hydrogen-bond acceptors (Lipinski definition) is 4. The minimum atomic E-state index is -0.0376. The molecule has 1 amide bonds. The molecule has 7 nitrogen and oxygen atoms in total. The molecule has 2 atom stereocenters. The van der Waals surface area contributed by atoms with Gasteiger partial charge in [0.05, 0.1) is 19.8 Å². The van der Waals surface area contributed by atoms with Crippen LogP contribution in [0.5, 0.6) is 0 Å². The molecule has 1 aromatic carbocycles. The first-order chi connectivity index (χ1) is 14.6. The second-order valence-electron chi connectivity index (χ2n) is 7.76. The number of carbonyl (C=O) groups is 1. The van der Waals surface area contributed by atoms with Crippen LogP contribution in [-0.4, -0.2) is 57.4 Å². The van der Waals surface area contributed by atoms with Crippen molar-refractivity contribution < 1.29 is 14.3 Å². The molecule has 0 spiro atoms. The van der Waals surface area contributed by atoms with Crippen LogP contribution in [0.25, 0.3) is 0 Å². The molecule has 3 N–H and O–H groups in total. The van der Waals surface area contributed by atoms with Crippen LogP contribution in [0.15, 0.2) is 29.3 Å². The van der Waals surface area contributed by atoms with Crippen LogP contribution in [0.3, 0.4) is 0 Å². The van der Waals surface area contributed by atoms with Crippen LogP contribution in [-0.2, 0) is 16.0 Å². The SMILES string of the molecule is CCNC(=NCc1cccc(C(=O)NC(C)CC)c1)NCCCOCC1CCOC1.I. The maximum atomic E-state index is 12.3. The molecule has 8 heteroatoms. The number of nitrogens with zero attached hydrogens (tertiary/aromatic N) is 1. The lowest BCUT2D eigenvalue weighted by molar-refractivity contribution is 0.0888. The molecule has 1 saturated heterocycles. The molecule has 1 aromatic rings. The summed E-state index contributed by atoms with van der Waals surface area (Å²) in [6, 6.07) is 7.81. The van der Waals surface area contributed by atoms with E-state index in [-0.39, 0.29) is 35.9 Å². The van der Waals surface area contributed by atoms with Gasteiger partial charge in [0, 0.05) is 43.8 Å². The van der Waals surface area contributed by atoms with Gasteiger partial charge in [0.2, 0.25) is 0 Å². The number of benzene rings is 1. The zero-order chi connectivity index (χ0) is 21.6. The van der Waals surface area contributed by atoms with E-state index in [0.717, 1.165) is 70.3 Å². The van der Waals surface area contributed by atoms with Crippen molar-refractivity contribution in [1.29, 1.82) is 0 Å². The molecule has 0 aliphatic carbocycles. The second-order valence-corrected chi connectivity index (χ2v) is 7.76. The molecule has 0 bridgehead atoms. The summed E-state index contributed by atoms with van der Waals surface area (Å²) in [5.41, 5.74) is 1.68. The van der Waals surface area contributed by atoms with E-state index in [2.05, 4.69) is 27.9 Å². The number of hydrogen-bond donors (Lipinski definition) is 3. The third kappa shape index (κ3) is 11.2. The fourth-order valence-corrected chi connectivity index (χ4v) is 3.08. The van der Waals surface area contributed by atoms with Gasteiger partial charge in [-0.05, 0) is 50.8 Å². The Labute approximate surface area is 204 Å². The lowest BCUT2D eigenvalue weighted by Crippen LogP contribution is -2.38. The first-order valence-corrected chi connectivity index (χ1v) is 11.2. The van der Waals surface area contributed by atoms with Crippen LogP contribution in [0.2, 0.25) is 0 Å². The third-order valence-corrected chi connectivity index (χ3v) is 5.08. The fourth-order valence-electron chi connectivity index (χ4n) is 3.08. The van der Waals surface area contributed by atoms with Gasteiger partial charge in [-0.25, -0.2) is 4.99 Å². The first kappa shape index (κ1) is 27.6. The summed E-state index contributed by atoms with van der Waals surface area (Å²) in [5.74, 6) is 1.29. The number of ether oxygens (including phenoxy) is 2. The standard InChI is InChI=1S/C23H38N4O3.HI/c1-4-18(3)27-22(28)21-9-6-8-19(14-21)15-26-23(24-5-2)25-11-7-12-29-16-20-10-13-30-17-20;/h6,8-9,14,18,20H,4-5,7,10-13,15-17H2,1-3H3,(H,27,28)(H2,24,25,26);1H. The highest BCUT2D eigenvalue weighted by molar-refractivity contribution is 14.0. The molecule has 0 saturated carbocycles. The van der Waals surface area contributed by atoms with E-state index in [1.54, 1.807) is 0 Å². The molecular weight excluding hydrogens is 507 g/mol. The number of halogens is 1. The van der Waals surface area contributed by atoms with Crippen LogP contribution in [0, 0.1) is 5.92 Å². The maximum Gasteiger partial charge on any atom is 0.251 e. The molecule has 0 aromatic heterocycles. The van der Waals surface area contributed by atoms with Crippen molar-refractivity contribution in [2.45, 2.75) is 52.6 Å². The van der Waals surface area contributed by atoms with E-state index < -0.39 is 0 Å². The maximum absolute atomic E-state index is 12.3. The Morgan fingerprint density at radius 1 is 1.32 bits per heavy atom. The van der Waals surface area contributed by atoms with Crippen LogP contribution < -0.4 is 16.0 Å². The Morgan fingerprint density at radius 2 is 2.16 bits per heavy atom. The highest BCUT2D eigenvalue weighted by atomic mass is 127. The van der Waals surface area contributed by atoms with Crippen LogP contribution in [0.1, 0.15) is 56.0 Å². The van der Waals surface area contributed by atoms with Crippen molar-refractivity contribution in [2.24, 2.45) is 10.9 Å². The monoisotopic (exact) mass is 546 g/mol. The summed E-state index contributed by atoms with van der Waals surface area (Å²) in [4.78, 5) is 17.0. The first-order valence-electron chi connectivity index (χ1n) is 11.2. The van der Waals surface area contributed by atoms with E-state index in [4.69, 9.17) is 9.47 Å². The summed E-state index contributed by atoms with van der Waals surface area (Å²) >= 11 is 0. The van der Waals surface area contributed by atoms with Gasteiger partial charge in [0.15, 0.2) is 5.96 Å². The summed E-state index contributed by atoms with van der Waals surface area (Å²) in [6.07, 6.45) is 2.94. The Morgan fingerprint density at radius 3 is 2.87 bits per heavy atom. The average molecular weight is 546 g/mol. The van der Waals surface area contributed by atoms with E-state index in [1.165, 1.54) is 0 Å². The predicted octanol–water partition coefficient (Wildman–Crippen LogP) is 3.33. The lowest BCUT2D eigenvalue weighted by atomic mass is 10.1. The van der Waals surface area contributed by atoms with Gasteiger partial charge < -0.3 is 25.4 Å². The lowest BCUT2D eigenvalue weighted by Gasteiger charge is -2.13. The summed E-state index contributed by atoms with van der Waals surface area (Å²) in [7, 11) is 0. The van der Waals surface area contributed by atoms with Gasteiger partial charge in [-0.15, -0.1) is 24.0 Å². The molecular formula is C23H39IN4O3. The quantitative estimate of drug-likeness (QED) is 0.162. The minimum absolute atomic E-state index is 0. The fraction of sp³-hybridized carbons (Fsp3) is 0.652. The Hall–Kier alpha value is -1.39. The van der Waals surface area contributed by atoms with Crippen LogP contribution >= 0.6 is 24.0 Å². The highest BCUT2D eigenvalue weighted by Gasteiger charge is 2.15. The summed E-state index contributed by atoms with van der Waals surface area (Å²) in [6.45, 7) is 11.4. The van der Waals surface area contributed by atoms with Crippen molar-refractivity contribution >= 4 is 35.8 Å². The number of aliphatic imine (C=N–C) groups is 1. The Bertz CT molecular complexity index is 666. The largest absolute Gasteiger partial charge is 0.381 e. The second kappa shape index (κ2) is 16.3. The minimum Gasteiger partial charge on any atom is -0.381 e. The molecule has 1 aliphatic rings. The number of nitrogens with one attached hydrogen (secondary N) is 3. The number of rotatable bonds is 12. The van der Waals surface area contributed by atoms with Crippen molar-refractivity contribution in [1.82, 2.24) is 16.0 Å². The summed E-state index contributed by atoms with van der Waals surface area (Å²) in [5, 5.41) is 9.61. The topological polar surface area (TPSA) is 84.0 Å². The van der Waals surface area contributed by atoms with Gasteiger partial charge in [-0.2, -0.15) is 0 Å². The molecule has 31 heavy (non-hydrogen) atoms. The van der Waals surface area contributed by atoms with Gasteiger partial charge in [0.25, 0.3) is 5.91 Å². The smallest absolute Gasteiger partial charge is 0.251 e. The normalized spacial score (nSPS) is 17.0. The van der Waals surface area contributed by atoms with E-state index in [0.29, 0.717) is 18.0 Å². The average Bonchev–Trinajstić information content (AvgIpc) is 3.28. The Kier molecular flexibility index (Phi) is 14.5. The zero-order valence-electron chi connectivity index (χ0n) is 19.1. The third-order valence-electron chi connectivity index (χ3n) is 5.08. The molecule has 1 fully saturated rings. The van der Waals surface area contributed by atoms with Gasteiger partial charge >= 0.3 is 0 Å². The molecule has 1 aliphatic heterocycles. The van der Waals surface area contributed by atoms with Gasteiger partial charge in [-0.3, -0.25) is 4.79 Å². The van der Waals surface area contributed by atoms with E-state index in [1.807, 2.05) is 38.1 Å². The number of guanidine groups is 1.